The van der Waals surface area contributed by atoms with Crippen molar-refractivity contribution in [2.24, 2.45) is 0 Å². The highest BCUT2D eigenvalue weighted by Gasteiger charge is 2.13. The number of nitriles is 3. The first-order valence-corrected chi connectivity index (χ1v) is 9.94. The van der Waals surface area contributed by atoms with Gasteiger partial charge in [0.25, 0.3) is 0 Å². The molecule has 0 N–H and O–H groups in total. The topological polar surface area (TPSA) is 93.7 Å². The molecule has 0 saturated heterocycles. The molecule has 4 heteroatoms. The zero-order valence-corrected chi connectivity index (χ0v) is 18.1. The van der Waals surface area contributed by atoms with Gasteiger partial charge in [-0.1, -0.05) is 66.2 Å². The Hall–Kier alpha value is -4.68. The van der Waals surface area contributed by atoms with Gasteiger partial charge in [-0.25, -0.2) is 5.87 Å². The van der Waals surface area contributed by atoms with E-state index in [0.717, 1.165) is 33.0 Å². The first-order valence-electron chi connectivity index (χ1n) is 9.94. The maximum absolute atomic E-state index is 9.16. The minimum Gasteiger partial charge on any atom is -0.762 e. The fraction of sp³-hybridized carbons (Fsp3) is 0.107. The summed E-state index contributed by atoms with van der Waals surface area (Å²) in [5, 5.41) is 38.2. The Kier molecular flexibility index (Phi) is 6.48. The maximum Gasteiger partial charge on any atom is 0.136 e. The molecule has 0 heterocycles. The van der Waals surface area contributed by atoms with Gasteiger partial charge in [-0.15, -0.1) is 0 Å². The fourth-order valence-corrected chi connectivity index (χ4v) is 3.95. The van der Waals surface area contributed by atoms with Gasteiger partial charge in [-0.2, -0.15) is 15.8 Å². The lowest BCUT2D eigenvalue weighted by Crippen LogP contribution is -2.14. The molecular weight excluding hydrogens is 392 g/mol. The van der Waals surface area contributed by atoms with Gasteiger partial charge < -0.3 is 5.41 Å². The van der Waals surface area contributed by atoms with Crippen LogP contribution in [-0.2, 0) is 0 Å². The number of hydrogen-bond acceptors (Lipinski definition) is 3. The van der Waals surface area contributed by atoms with Crippen LogP contribution in [0.25, 0.3) is 22.1 Å². The van der Waals surface area contributed by atoms with Crippen molar-refractivity contribution in [2.75, 3.05) is 0 Å². The zero-order valence-electron chi connectivity index (χ0n) is 18.1. The quantitative estimate of drug-likeness (QED) is 0.477. The number of rotatable bonds is 3. The summed E-state index contributed by atoms with van der Waals surface area (Å²) in [7, 11) is 0. The van der Waals surface area contributed by atoms with Crippen molar-refractivity contribution >= 4 is 22.6 Å². The maximum atomic E-state index is 9.16. The molecule has 3 aromatic carbocycles. The van der Waals surface area contributed by atoms with Crippen molar-refractivity contribution in [3.63, 3.8) is 0 Å². The second kappa shape index (κ2) is 9.42. The average molecular weight is 411 g/mol. The van der Waals surface area contributed by atoms with E-state index < -0.39 is 0 Å². The minimum absolute atomic E-state index is 0.0706. The molecule has 4 nitrogen and oxygen atoms in total. The second-order valence-electron chi connectivity index (χ2n) is 7.50. The zero-order chi connectivity index (χ0) is 23.3. The van der Waals surface area contributed by atoms with E-state index in [2.05, 4.69) is 32.9 Å². The van der Waals surface area contributed by atoms with Crippen molar-refractivity contribution in [3.05, 3.63) is 110 Å². The summed E-state index contributed by atoms with van der Waals surface area (Å²) in [6.07, 6.45) is 0. The van der Waals surface area contributed by atoms with Crippen LogP contribution < -0.4 is 10.4 Å². The van der Waals surface area contributed by atoms with Crippen molar-refractivity contribution in [3.8, 4) is 18.2 Å². The first-order chi connectivity index (χ1) is 15.4. The molecule has 0 amide bonds. The molecule has 0 radical (unpaired) electrons. The summed E-state index contributed by atoms with van der Waals surface area (Å²) in [6, 6.07) is 24.8. The highest BCUT2D eigenvalue weighted by Crippen LogP contribution is 2.29. The molecule has 3 aromatic rings. The summed E-state index contributed by atoms with van der Waals surface area (Å²) in [4.78, 5) is 0. The van der Waals surface area contributed by atoms with Gasteiger partial charge in [0.1, 0.15) is 23.8 Å². The standard InChI is InChI=1S/C28H19N4/c1-18-12-19(2)27(20(3)13-18)28(23-8-4-21(5-9-23)25(14-29)15-30)24-10-6-22(7-11-24)26(16-31)17-32/h4-13H,1-3H3/q-1. The van der Waals surface area contributed by atoms with Crippen LogP contribution >= 0.6 is 0 Å². The van der Waals surface area contributed by atoms with E-state index in [4.69, 9.17) is 21.2 Å². The van der Waals surface area contributed by atoms with E-state index in [9.17, 15) is 0 Å². The molecule has 0 unspecified atom stereocenters. The highest BCUT2D eigenvalue weighted by atomic mass is 14.3. The van der Waals surface area contributed by atoms with Crippen molar-refractivity contribution in [2.45, 2.75) is 20.8 Å². The van der Waals surface area contributed by atoms with Crippen LogP contribution in [0, 0.1) is 54.8 Å². The average Bonchev–Trinajstić information content (AvgIpc) is 2.79. The Morgan fingerprint density at radius 3 is 1.66 bits per heavy atom. The highest BCUT2D eigenvalue weighted by molar-refractivity contribution is 5.98. The minimum atomic E-state index is 0.0706. The third-order valence-electron chi connectivity index (χ3n) is 5.30. The van der Waals surface area contributed by atoms with E-state index in [-0.39, 0.29) is 11.1 Å². The predicted octanol–water partition coefficient (Wildman–Crippen LogP) is 4.20. The molecule has 3 rings (SSSR count). The number of nitrogens with zero attached hydrogens (tertiary/aromatic N) is 4. The van der Waals surface area contributed by atoms with Crippen LogP contribution in [0.3, 0.4) is 0 Å². The summed E-state index contributed by atoms with van der Waals surface area (Å²) in [6.45, 7) is 6.22. The van der Waals surface area contributed by atoms with Crippen molar-refractivity contribution in [1.29, 1.82) is 15.8 Å². The Bertz CT molecular complexity index is 1450. The van der Waals surface area contributed by atoms with Gasteiger partial charge in [0.15, 0.2) is 0 Å². The van der Waals surface area contributed by atoms with E-state index >= 15 is 0 Å². The van der Waals surface area contributed by atoms with Gasteiger partial charge >= 0.3 is 0 Å². The Morgan fingerprint density at radius 2 is 1.19 bits per heavy atom. The van der Waals surface area contributed by atoms with E-state index in [1.807, 2.05) is 48.3 Å². The molecule has 0 aromatic heterocycles. The van der Waals surface area contributed by atoms with Crippen molar-refractivity contribution < 1.29 is 0 Å². The van der Waals surface area contributed by atoms with Gasteiger partial charge in [0, 0.05) is 5.22 Å². The third kappa shape index (κ3) is 4.26. The lowest BCUT2D eigenvalue weighted by atomic mass is 9.87. The molecular formula is C28H19N4-. The lowest BCUT2D eigenvalue weighted by molar-refractivity contribution is 1.28. The summed E-state index contributed by atoms with van der Waals surface area (Å²) in [5.41, 5.74) is 7.21. The van der Waals surface area contributed by atoms with E-state index in [1.165, 1.54) is 5.56 Å². The van der Waals surface area contributed by atoms with Crippen LogP contribution in [0.1, 0.15) is 33.4 Å². The van der Waals surface area contributed by atoms with Crippen LogP contribution in [0.5, 0.6) is 0 Å². The Morgan fingerprint density at radius 1 is 0.688 bits per heavy atom. The number of allylic oxidation sites excluding steroid dienone is 1. The smallest absolute Gasteiger partial charge is 0.136 e. The number of aryl methyl sites for hydroxylation is 3. The van der Waals surface area contributed by atoms with Crippen LogP contribution in [-0.4, -0.2) is 5.87 Å². The SMILES string of the molecule is Cc1cc(C)c(C(c2ccc(C(=C=[N-])C#N)cc2)=c2ccc(=C(C#N)C#N)cc2)c(C)c1. The third-order valence-corrected chi connectivity index (χ3v) is 5.30. The molecule has 0 aliphatic carbocycles. The summed E-state index contributed by atoms with van der Waals surface area (Å²) < 4.78 is 0. The Labute approximate surface area is 187 Å². The predicted molar refractivity (Wildman–Crippen MR) is 126 cm³/mol. The molecule has 0 fully saturated rings. The monoisotopic (exact) mass is 411 g/mol. The number of benzene rings is 3. The molecule has 0 saturated carbocycles. The summed E-state index contributed by atoms with van der Waals surface area (Å²) >= 11 is 0. The van der Waals surface area contributed by atoms with Gasteiger partial charge in [0.05, 0.1) is 5.57 Å². The largest absolute Gasteiger partial charge is 0.762 e. The van der Waals surface area contributed by atoms with Crippen LogP contribution in [0.4, 0.5) is 0 Å². The molecule has 0 bridgehead atoms. The van der Waals surface area contributed by atoms with Crippen LogP contribution in [0.15, 0.2) is 60.7 Å². The van der Waals surface area contributed by atoms with E-state index in [0.29, 0.717) is 10.8 Å². The Balaban J connectivity index is 2.38. The first kappa shape index (κ1) is 22.0. The van der Waals surface area contributed by atoms with E-state index in [1.54, 1.807) is 24.3 Å². The number of hydrogen-bond donors (Lipinski definition) is 0. The normalized spacial score (nSPS) is 9.62. The van der Waals surface area contributed by atoms with Gasteiger partial charge in [-0.05, 0) is 59.4 Å². The van der Waals surface area contributed by atoms with Crippen LogP contribution in [0.2, 0.25) is 0 Å². The molecule has 0 atom stereocenters. The lowest BCUT2D eigenvalue weighted by Gasteiger charge is -2.16. The summed E-state index contributed by atoms with van der Waals surface area (Å²) in [5.74, 6) is 1.93. The second-order valence-corrected chi connectivity index (χ2v) is 7.50. The van der Waals surface area contributed by atoms with Crippen molar-refractivity contribution in [1.82, 2.24) is 0 Å². The molecule has 0 aliphatic heterocycles. The molecule has 0 aliphatic rings. The molecule has 0 spiro atoms. The van der Waals surface area contributed by atoms with Gasteiger partial charge in [0.2, 0.25) is 0 Å². The molecule has 152 valence electrons. The fourth-order valence-electron chi connectivity index (χ4n) is 3.95. The van der Waals surface area contributed by atoms with Gasteiger partial charge in [-0.3, -0.25) is 0 Å². The molecule has 32 heavy (non-hydrogen) atoms.